The predicted molar refractivity (Wildman–Crippen MR) is 115 cm³/mol. The number of carbonyl (C=O) groups is 1. The number of hydrogen-bond acceptors (Lipinski definition) is 5. The quantitative estimate of drug-likeness (QED) is 0.525. The highest BCUT2D eigenvalue weighted by Gasteiger charge is 2.21. The van der Waals surface area contributed by atoms with Crippen LogP contribution in [0.4, 0.5) is 5.69 Å². The van der Waals surface area contributed by atoms with Gasteiger partial charge in [-0.1, -0.05) is 42.1 Å². The van der Waals surface area contributed by atoms with Crippen LogP contribution in [-0.4, -0.2) is 35.1 Å². The highest BCUT2D eigenvalue weighted by molar-refractivity contribution is 7.99. The van der Waals surface area contributed by atoms with E-state index in [9.17, 15) is 15.2 Å². The number of carbonyl (C=O) groups excluding carboxylic acids is 1. The zero-order chi connectivity index (χ0) is 20.5. The summed E-state index contributed by atoms with van der Waals surface area (Å²) in [6, 6.07) is 19.7. The number of aliphatic hydroxyl groups is 1. The normalized spacial score (nSPS) is 16.9. The van der Waals surface area contributed by atoms with E-state index >= 15 is 0 Å². The molecular weight excluding hydrogens is 382 g/mol. The van der Waals surface area contributed by atoms with Crippen LogP contribution in [0.15, 0.2) is 76.2 Å². The van der Waals surface area contributed by atoms with Gasteiger partial charge in [-0.15, -0.1) is 0 Å². The second-order valence-corrected chi connectivity index (χ2v) is 8.04. The Morgan fingerprint density at radius 1 is 1.21 bits per heavy atom. The lowest BCUT2D eigenvalue weighted by atomic mass is 10.00. The van der Waals surface area contributed by atoms with Crippen LogP contribution in [0.5, 0.6) is 0 Å². The highest BCUT2D eigenvalue weighted by Crippen LogP contribution is 2.33. The smallest absolute Gasteiger partial charge is 0.267 e. The minimum Gasteiger partial charge on any atom is -0.396 e. The lowest BCUT2D eigenvalue weighted by Gasteiger charge is -2.34. The molecule has 0 saturated carbocycles. The number of para-hydroxylation sites is 1. The van der Waals surface area contributed by atoms with Crippen LogP contribution in [-0.2, 0) is 4.79 Å². The third-order valence-corrected chi connectivity index (χ3v) is 5.99. The number of amides is 1. The molecule has 5 nitrogen and oxygen atoms in total. The van der Waals surface area contributed by atoms with Gasteiger partial charge < -0.3 is 15.3 Å². The van der Waals surface area contributed by atoms with Gasteiger partial charge in [0.25, 0.3) is 5.91 Å². The average Bonchev–Trinajstić information content (AvgIpc) is 2.75. The number of aliphatic hydroxyl groups excluding tert-OH is 1. The van der Waals surface area contributed by atoms with Crippen molar-refractivity contribution in [1.82, 2.24) is 4.90 Å². The summed E-state index contributed by atoms with van der Waals surface area (Å²) >= 11 is 1.56. The van der Waals surface area contributed by atoms with Gasteiger partial charge in [0.15, 0.2) is 0 Å². The maximum Gasteiger partial charge on any atom is 0.267 e. The van der Waals surface area contributed by atoms with E-state index in [-0.39, 0.29) is 18.2 Å². The molecular formula is C23H25N3O2S. The van der Waals surface area contributed by atoms with Crippen molar-refractivity contribution in [1.29, 1.82) is 5.26 Å². The van der Waals surface area contributed by atoms with Crippen LogP contribution in [0.1, 0.15) is 25.7 Å². The summed E-state index contributed by atoms with van der Waals surface area (Å²) in [6.45, 7) is 0.900. The van der Waals surface area contributed by atoms with E-state index in [1.165, 1.54) is 0 Å². The standard InChI is InChI=1S/C23H25N3O2S/c24-16-18(17-26-14-7-6-8-19(26)13-15-27)23(28)25-21-11-4-5-12-22(21)29-20-9-2-1-3-10-20/h1-5,9-12,17,19,27H,6-8,13-15H2,(H,25,28)/b18-17-. The minimum absolute atomic E-state index is 0.0781. The van der Waals surface area contributed by atoms with Crippen LogP contribution in [0, 0.1) is 11.3 Å². The highest BCUT2D eigenvalue weighted by atomic mass is 32.2. The molecule has 0 spiro atoms. The number of nitrogens with zero attached hydrogens (tertiary/aromatic N) is 2. The average molecular weight is 408 g/mol. The van der Waals surface area contributed by atoms with E-state index in [1.54, 1.807) is 18.0 Å². The molecule has 29 heavy (non-hydrogen) atoms. The first-order valence-electron chi connectivity index (χ1n) is 9.83. The Morgan fingerprint density at radius 2 is 1.97 bits per heavy atom. The molecule has 2 N–H and O–H groups in total. The maximum absolute atomic E-state index is 12.8. The fraction of sp³-hybridized carbons (Fsp3) is 0.304. The van der Waals surface area contributed by atoms with Gasteiger partial charge in [-0.05, 0) is 49.9 Å². The summed E-state index contributed by atoms with van der Waals surface area (Å²) in [5.41, 5.74) is 0.757. The molecule has 1 heterocycles. The minimum atomic E-state index is -0.415. The first kappa shape index (κ1) is 21.0. The molecule has 1 unspecified atom stereocenters. The Kier molecular flexibility index (Phi) is 7.74. The molecule has 2 aromatic carbocycles. The van der Waals surface area contributed by atoms with Crippen LogP contribution < -0.4 is 5.32 Å². The Morgan fingerprint density at radius 3 is 2.72 bits per heavy atom. The van der Waals surface area contributed by atoms with E-state index < -0.39 is 5.91 Å². The third kappa shape index (κ3) is 5.86. The summed E-state index contributed by atoms with van der Waals surface area (Å²) in [5, 5.41) is 21.7. The van der Waals surface area contributed by atoms with Crippen molar-refractivity contribution in [3.63, 3.8) is 0 Å². The molecule has 3 rings (SSSR count). The number of hydrogen-bond donors (Lipinski definition) is 2. The largest absolute Gasteiger partial charge is 0.396 e. The molecule has 0 radical (unpaired) electrons. The molecule has 6 heteroatoms. The van der Waals surface area contributed by atoms with E-state index in [2.05, 4.69) is 5.32 Å². The molecule has 0 aromatic heterocycles. The van der Waals surface area contributed by atoms with Gasteiger partial charge >= 0.3 is 0 Å². The first-order valence-corrected chi connectivity index (χ1v) is 10.6. The molecule has 0 bridgehead atoms. The SMILES string of the molecule is N#C/C(=C/N1CCCCC1CCO)C(=O)Nc1ccccc1Sc1ccccc1. The number of anilines is 1. The summed E-state index contributed by atoms with van der Waals surface area (Å²) in [6.07, 6.45) is 5.39. The van der Waals surface area contributed by atoms with Crippen LogP contribution in [0.25, 0.3) is 0 Å². The Labute approximate surface area is 176 Å². The van der Waals surface area contributed by atoms with Gasteiger partial charge in [0, 0.05) is 35.2 Å². The van der Waals surface area contributed by atoms with Crippen molar-refractivity contribution in [2.24, 2.45) is 0 Å². The number of likely N-dealkylation sites (tertiary alicyclic amines) is 1. The lowest BCUT2D eigenvalue weighted by Crippen LogP contribution is -2.37. The van der Waals surface area contributed by atoms with Crippen molar-refractivity contribution >= 4 is 23.4 Å². The second-order valence-electron chi connectivity index (χ2n) is 6.92. The van der Waals surface area contributed by atoms with Gasteiger partial charge in [0.1, 0.15) is 11.6 Å². The van der Waals surface area contributed by atoms with Gasteiger partial charge in [0.05, 0.1) is 5.69 Å². The fourth-order valence-corrected chi connectivity index (χ4v) is 4.34. The van der Waals surface area contributed by atoms with Crippen molar-refractivity contribution in [2.75, 3.05) is 18.5 Å². The number of piperidine rings is 1. The Balaban J connectivity index is 1.75. The predicted octanol–water partition coefficient (Wildman–Crippen LogP) is 4.42. The van der Waals surface area contributed by atoms with Gasteiger partial charge in [0.2, 0.25) is 0 Å². The van der Waals surface area contributed by atoms with Gasteiger partial charge in [-0.2, -0.15) is 5.26 Å². The fourth-order valence-electron chi connectivity index (χ4n) is 3.42. The summed E-state index contributed by atoms with van der Waals surface area (Å²) in [5.74, 6) is -0.415. The van der Waals surface area contributed by atoms with Crippen molar-refractivity contribution in [3.05, 3.63) is 66.4 Å². The molecule has 1 fully saturated rings. The molecule has 1 atom stereocenters. The van der Waals surface area contributed by atoms with Crippen LogP contribution in [0.2, 0.25) is 0 Å². The third-order valence-electron chi connectivity index (χ3n) is 4.90. The van der Waals surface area contributed by atoms with E-state index in [0.29, 0.717) is 12.1 Å². The molecule has 1 aliphatic rings. The molecule has 150 valence electrons. The van der Waals surface area contributed by atoms with E-state index in [0.717, 1.165) is 35.6 Å². The van der Waals surface area contributed by atoms with Crippen LogP contribution >= 0.6 is 11.8 Å². The summed E-state index contributed by atoms with van der Waals surface area (Å²) < 4.78 is 0. The maximum atomic E-state index is 12.8. The first-order chi connectivity index (χ1) is 14.2. The lowest BCUT2D eigenvalue weighted by molar-refractivity contribution is -0.112. The topological polar surface area (TPSA) is 76.4 Å². The molecule has 1 amide bonds. The Bertz CT molecular complexity index is 890. The molecule has 1 saturated heterocycles. The molecule has 2 aromatic rings. The number of nitrogens with one attached hydrogen (secondary N) is 1. The number of rotatable bonds is 7. The van der Waals surface area contributed by atoms with Gasteiger partial charge in [-0.25, -0.2) is 0 Å². The zero-order valence-electron chi connectivity index (χ0n) is 16.3. The van der Waals surface area contributed by atoms with E-state index in [1.807, 2.05) is 65.6 Å². The summed E-state index contributed by atoms with van der Waals surface area (Å²) in [7, 11) is 0. The van der Waals surface area contributed by atoms with Gasteiger partial charge in [-0.3, -0.25) is 4.79 Å². The monoisotopic (exact) mass is 407 g/mol. The second kappa shape index (κ2) is 10.7. The summed E-state index contributed by atoms with van der Waals surface area (Å²) in [4.78, 5) is 16.8. The van der Waals surface area contributed by atoms with Crippen molar-refractivity contribution in [2.45, 2.75) is 41.5 Å². The van der Waals surface area contributed by atoms with Crippen molar-refractivity contribution < 1.29 is 9.90 Å². The van der Waals surface area contributed by atoms with Crippen molar-refractivity contribution in [3.8, 4) is 6.07 Å². The van der Waals surface area contributed by atoms with Crippen LogP contribution in [0.3, 0.4) is 0 Å². The number of benzene rings is 2. The Hall–Kier alpha value is -2.75. The molecule has 1 aliphatic heterocycles. The zero-order valence-corrected chi connectivity index (χ0v) is 17.1. The molecule has 0 aliphatic carbocycles. The van der Waals surface area contributed by atoms with E-state index in [4.69, 9.17) is 0 Å². The number of nitriles is 1.